The molecule has 3 rings (SSSR count). The zero-order chi connectivity index (χ0) is 12.4. The minimum Gasteiger partial charge on any atom is -0.342 e. The van der Waals surface area contributed by atoms with E-state index in [9.17, 15) is 0 Å². The number of nitrogens with one attached hydrogen (secondary N) is 2. The minimum absolute atomic E-state index is 0.767. The van der Waals surface area contributed by atoms with Gasteiger partial charge >= 0.3 is 0 Å². The molecular weight excluding hydrogens is 244 g/mol. The van der Waals surface area contributed by atoms with Crippen LogP contribution in [0, 0.1) is 0 Å². The molecule has 0 radical (unpaired) electrons. The van der Waals surface area contributed by atoms with Crippen LogP contribution in [0.2, 0.25) is 0 Å². The zero-order valence-electron chi connectivity index (χ0n) is 10.1. The molecule has 0 bridgehead atoms. The summed E-state index contributed by atoms with van der Waals surface area (Å²) in [4.78, 5) is 13.6. The zero-order valence-corrected chi connectivity index (χ0v) is 10.9. The van der Waals surface area contributed by atoms with Gasteiger partial charge in [-0.1, -0.05) is 12.1 Å². The molecule has 18 heavy (non-hydrogen) atoms. The Labute approximate surface area is 109 Å². The minimum atomic E-state index is 0.767. The lowest BCUT2D eigenvalue weighted by molar-refractivity contribution is 0.829. The first-order valence-electron chi connectivity index (χ1n) is 5.87. The molecule has 0 saturated heterocycles. The Balaban J connectivity index is 1.82. The molecule has 0 aliphatic carbocycles. The third-order valence-electron chi connectivity index (χ3n) is 2.71. The largest absolute Gasteiger partial charge is 0.342 e. The average molecular weight is 258 g/mol. The molecular formula is C13H14N4S. The Bertz CT molecular complexity index is 623. The number of thiazole rings is 1. The normalized spacial score (nSPS) is 11.2. The summed E-state index contributed by atoms with van der Waals surface area (Å²) in [6.07, 6.45) is 2.70. The lowest BCUT2D eigenvalue weighted by Gasteiger charge is -1.91. The Morgan fingerprint density at radius 2 is 2.22 bits per heavy atom. The van der Waals surface area contributed by atoms with Gasteiger partial charge in [-0.05, 0) is 19.2 Å². The molecule has 2 aromatic heterocycles. The SMILES string of the molecule is CNCc1cnc(Cc2nc3ccccc3[nH]2)s1. The highest BCUT2D eigenvalue weighted by molar-refractivity contribution is 7.11. The van der Waals surface area contributed by atoms with Crippen molar-refractivity contribution in [2.24, 2.45) is 0 Å². The summed E-state index contributed by atoms with van der Waals surface area (Å²) in [5.41, 5.74) is 2.10. The highest BCUT2D eigenvalue weighted by Crippen LogP contribution is 2.17. The second kappa shape index (κ2) is 4.88. The third-order valence-corrected chi connectivity index (χ3v) is 3.71. The highest BCUT2D eigenvalue weighted by atomic mass is 32.1. The Morgan fingerprint density at radius 3 is 3.06 bits per heavy atom. The fourth-order valence-corrected chi connectivity index (χ4v) is 2.86. The average Bonchev–Trinajstić information content (AvgIpc) is 2.96. The number of fused-ring (bicyclic) bond motifs is 1. The Kier molecular flexibility index (Phi) is 3.08. The molecule has 5 heteroatoms. The molecule has 2 heterocycles. The van der Waals surface area contributed by atoms with Crippen LogP contribution >= 0.6 is 11.3 Å². The van der Waals surface area contributed by atoms with E-state index in [4.69, 9.17) is 0 Å². The molecule has 0 unspecified atom stereocenters. The van der Waals surface area contributed by atoms with Crippen LogP contribution < -0.4 is 5.32 Å². The summed E-state index contributed by atoms with van der Waals surface area (Å²) in [6.45, 7) is 0.873. The van der Waals surface area contributed by atoms with Crippen LogP contribution in [-0.4, -0.2) is 22.0 Å². The lowest BCUT2D eigenvalue weighted by Crippen LogP contribution is -2.02. The lowest BCUT2D eigenvalue weighted by atomic mass is 10.3. The van der Waals surface area contributed by atoms with E-state index in [0.29, 0.717) is 0 Å². The van der Waals surface area contributed by atoms with Crippen molar-refractivity contribution in [2.75, 3.05) is 7.05 Å². The van der Waals surface area contributed by atoms with Crippen molar-refractivity contribution in [1.82, 2.24) is 20.3 Å². The number of nitrogens with zero attached hydrogens (tertiary/aromatic N) is 2. The molecule has 1 aromatic carbocycles. The Morgan fingerprint density at radius 1 is 1.33 bits per heavy atom. The number of rotatable bonds is 4. The number of imidazole rings is 1. The van der Waals surface area contributed by atoms with Gasteiger partial charge in [0.15, 0.2) is 0 Å². The van der Waals surface area contributed by atoms with E-state index in [-0.39, 0.29) is 0 Å². The molecule has 2 N–H and O–H groups in total. The van der Waals surface area contributed by atoms with E-state index >= 15 is 0 Å². The van der Waals surface area contributed by atoms with Crippen molar-refractivity contribution in [3.8, 4) is 0 Å². The maximum Gasteiger partial charge on any atom is 0.114 e. The van der Waals surface area contributed by atoms with Crippen molar-refractivity contribution < 1.29 is 0 Å². The molecule has 0 amide bonds. The number of aromatic amines is 1. The number of hydrogen-bond donors (Lipinski definition) is 2. The predicted octanol–water partition coefficient (Wildman–Crippen LogP) is 2.33. The molecule has 0 aliphatic heterocycles. The van der Waals surface area contributed by atoms with Gasteiger partial charge in [0.05, 0.1) is 17.5 Å². The molecule has 0 fully saturated rings. The van der Waals surface area contributed by atoms with Gasteiger partial charge < -0.3 is 10.3 Å². The van der Waals surface area contributed by atoms with Crippen molar-refractivity contribution in [3.05, 3.63) is 46.2 Å². The first-order valence-corrected chi connectivity index (χ1v) is 6.68. The smallest absolute Gasteiger partial charge is 0.114 e. The number of H-pyrrole nitrogens is 1. The maximum atomic E-state index is 4.56. The first kappa shape index (κ1) is 11.4. The Hall–Kier alpha value is -1.72. The van der Waals surface area contributed by atoms with Gasteiger partial charge in [-0.15, -0.1) is 11.3 Å². The summed E-state index contributed by atoms with van der Waals surface area (Å²) >= 11 is 1.73. The van der Waals surface area contributed by atoms with Crippen LogP contribution in [0.5, 0.6) is 0 Å². The predicted molar refractivity (Wildman–Crippen MR) is 73.8 cm³/mol. The van der Waals surface area contributed by atoms with Crippen molar-refractivity contribution >= 4 is 22.4 Å². The highest BCUT2D eigenvalue weighted by Gasteiger charge is 2.06. The van der Waals surface area contributed by atoms with Gasteiger partial charge in [-0.3, -0.25) is 0 Å². The maximum absolute atomic E-state index is 4.56. The number of aromatic nitrogens is 3. The van der Waals surface area contributed by atoms with Gasteiger partial charge in [-0.2, -0.15) is 0 Å². The van der Waals surface area contributed by atoms with Crippen molar-refractivity contribution in [1.29, 1.82) is 0 Å². The van der Waals surface area contributed by atoms with Crippen molar-refractivity contribution in [3.63, 3.8) is 0 Å². The van der Waals surface area contributed by atoms with E-state index < -0.39 is 0 Å². The molecule has 0 spiro atoms. The van der Waals surface area contributed by atoms with Crippen LogP contribution in [0.3, 0.4) is 0 Å². The van der Waals surface area contributed by atoms with Gasteiger partial charge in [0, 0.05) is 17.6 Å². The van der Waals surface area contributed by atoms with Crippen LogP contribution in [-0.2, 0) is 13.0 Å². The van der Waals surface area contributed by atoms with Crippen LogP contribution in [0.15, 0.2) is 30.5 Å². The number of para-hydroxylation sites is 2. The van der Waals surface area contributed by atoms with Gasteiger partial charge in [-0.25, -0.2) is 9.97 Å². The molecule has 92 valence electrons. The summed E-state index contributed by atoms with van der Waals surface area (Å²) in [5, 5.41) is 4.23. The standard InChI is InChI=1S/C13H14N4S/c1-14-7-9-8-15-13(18-9)6-12-16-10-4-2-3-5-11(10)17-12/h2-5,8,14H,6-7H2,1H3,(H,16,17). The molecule has 0 atom stereocenters. The molecule has 4 nitrogen and oxygen atoms in total. The van der Waals surface area contributed by atoms with E-state index in [1.54, 1.807) is 11.3 Å². The second-order valence-electron chi connectivity index (χ2n) is 4.13. The quantitative estimate of drug-likeness (QED) is 0.755. The summed E-state index contributed by atoms with van der Waals surface area (Å²) in [6, 6.07) is 8.07. The molecule has 0 aliphatic rings. The van der Waals surface area contributed by atoms with E-state index in [1.165, 1.54) is 4.88 Å². The van der Waals surface area contributed by atoms with E-state index in [0.717, 1.165) is 34.8 Å². The van der Waals surface area contributed by atoms with E-state index in [1.807, 2.05) is 37.5 Å². The van der Waals surface area contributed by atoms with Crippen LogP contribution in [0.1, 0.15) is 15.7 Å². The third kappa shape index (κ3) is 2.27. The molecule has 3 aromatic rings. The number of hydrogen-bond acceptors (Lipinski definition) is 4. The fraction of sp³-hybridized carbons (Fsp3) is 0.231. The van der Waals surface area contributed by atoms with Crippen molar-refractivity contribution in [2.45, 2.75) is 13.0 Å². The van der Waals surface area contributed by atoms with Gasteiger partial charge in [0.25, 0.3) is 0 Å². The number of benzene rings is 1. The van der Waals surface area contributed by atoms with Gasteiger partial charge in [0.1, 0.15) is 10.8 Å². The van der Waals surface area contributed by atoms with Gasteiger partial charge in [0.2, 0.25) is 0 Å². The van der Waals surface area contributed by atoms with E-state index in [2.05, 4.69) is 20.3 Å². The molecule has 0 saturated carbocycles. The first-order chi connectivity index (χ1) is 8.85. The summed E-state index contributed by atoms with van der Waals surface area (Å²) in [7, 11) is 1.94. The fourth-order valence-electron chi connectivity index (χ4n) is 1.92. The van der Waals surface area contributed by atoms with Crippen LogP contribution in [0.25, 0.3) is 11.0 Å². The topological polar surface area (TPSA) is 53.6 Å². The van der Waals surface area contributed by atoms with Crippen LogP contribution in [0.4, 0.5) is 0 Å². The summed E-state index contributed by atoms with van der Waals surface area (Å²) in [5.74, 6) is 0.974. The monoisotopic (exact) mass is 258 g/mol. The second-order valence-corrected chi connectivity index (χ2v) is 5.33. The summed E-state index contributed by atoms with van der Waals surface area (Å²) < 4.78 is 0.